The summed E-state index contributed by atoms with van der Waals surface area (Å²) in [6, 6.07) is 0.863. The van der Waals surface area contributed by atoms with Gasteiger partial charge in [-0.2, -0.15) is 0 Å². The van der Waals surface area contributed by atoms with Crippen LogP contribution in [0.2, 0.25) is 0 Å². The Labute approximate surface area is 74.1 Å². The summed E-state index contributed by atoms with van der Waals surface area (Å²) in [6.45, 7) is 4.71. The third kappa shape index (κ3) is 1.78. The molecular formula is C9H18N2O. The van der Waals surface area contributed by atoms with E-state index in [4.69, 9.17) is 0 Å². The lowest BCUT2D eigenvalue weighted by atomic mass is 10.2. The molecule has 0 saturated carbocycles. The number of carbonyl (C=O) groups excluding carboxylic acids is 1. The van der Waals surface area contributed by atoms with Gasteiger partial charge in [0.2, 0.25) is 5.91 Å². The van der Waals surface area contributed by atoms with Gasteiger partial charge in [0.15, 0.2) is 0 Å². The molecule has 0 aromatic carbocycles. The molecule has 70 valence electrons. The van der Waals surface area contributed by atoms with Crippen LogP contribution in [0.3, 0.4) is 0 Å². The monoisotopic (exact) mass is 170 g/mol. The van der Waals surface area contributed by atoms with Crippen molar-refractivity contribution >= 4 is 5.91 Å². The maximum absolute atomic E-state index is 11.5. The largest absolute Gasteiger partial charge is 0.336 e. The van der Waals surface area contributed by atoms with E-state index in [9.17, 15) is 4.79 Å². The summed E-state index contributed by atoms with van der Waals surface area (Å²) in [4.78, 5) is 13.5. The summed E-state index contributed by atoms with van der Waals surface area (Å²) in [5.74, 6) is 0.231. The average Bonchev–Trinajstić information content (AvgIpc) is 2.32. The van der Waals surface area contributed by atoms with Gasteiger partial charge in [-0.1, -0.05) is 0 Å². The Hall–Kier alpha value is -0.570. The second-order valence-electron chi connectivity index (χ2n) is 3.61. The Kier molecular flexibility index (Phi) is 3.09. The number of likely N-dealkylation sites (tertiary alicyclic amines) is 1. The second-order valence-corrected chi connectivity index (χ2v) is 3.61. The Morgan fingerprint density at radius 1 is 1.42 bits per heavy atom. The molecule has 1 amide bonds. The maximum Gasteiger partial charge on any atom is 0.236 e. The summed E-state index contributed by atoms with van der Waals surface area (Å²) >= 11 is 0. The molecule has 2 atom stereocenters. The molecule has 0 aliphatic carbocycles. The number of likely N-dealkylation sites (N-methyl/N-ethyl adjacent to an activating group) is 1. The van der Waals surface area contributed by atoms with Crippen molar-refractivity contribution in [3.05, 3.63) is 0 Å². The quantitative estimate of drug-likeness (QED) is 0.658. The van der Waals surface area contributed by atoms with Crippen LogP contribution in [0.25, 0.3) is 0 Å². The molecular weight excluding hydrogens is 152 g/mol. The highest BCUT2D eigenvalue weighted by Crippen LogP contribution is 2.22. The first-order valence-corrected chi connectivity index (χ1v) is 4.62. The van der Waals surface area contributed by atoms with E-state index in [2.05, 4.69) is 19.2 Å². The van der Waals surface area contributed by atoms with Gasteiger partial charge in [0.1, 0.15) is 0 Å². The van der Waals surface area contributed by atoms with Gasteiger partial charge >= 0.3 is 0 Å². The van der Waals surface area contributed by atoms with Gasteiger partial charge in [-0.3, -0.25) is 4.79 Å². The van der Waals surface area contributed by atoms with Gasteiger partial charge in [-0.15, -0.1) is 0 Å². The summed E-state index contributed by atoms with van der Waals surface area (Å²) in [7, 11) is 1.81. The third-order valence-electron chi connectivity index (χ3n) is 2.57. The Morgan fingerprint density at radius 2 is 1.92 bits per heavy atom. The summed E-state index contributed by atoms with van der Waals surface area (Å²) < 4.78 is 0. The molecule has 1 N–H and O–H groups in total. The van der Waals surface area contributed by atoms with Crippen LogP contribution in [-0.2, 0) is 4.79 Å². The van der Waals surface area contributed by atoms with Gasteiger partial charge in [-0.05, 0) is 33.7 Å². The van der Waals surface area contributed by atoms with Gasteiger partial charge in [-0.25, -0.2) is 0 Å². The minimum absolute atomic E-state index is 0.231. The lowest BCUT2D eigenvalue weighted by Crippen LogP contribution is -2.42. The first kappa shape index (κ1) is 9.52. The zero-order chi connectivity index (χ0) is 9.14. The molecule has 2 unspecified atom stereocenters. The Bertz CT molecular complexity index is 160. The fourth-order valence-electron chi connectivity index (χ4n) is 1.93. The van der Waals surface area contributed by atoms with E-state index in [0.717, 1.165) is 12.8 Å². The fourth-order valence-corrected chi connectivity index (χ4v) is 1.93. The van der Waals surface area contributed by atoms with Crippen molar-refractivity contribution in [2.45, 2.75) is 38.8 Å². The number of nitrogens with one attached hydrogen (secondary N) is 1. The van der Waals surface area contributed by atoms with Crippen LogP contribution in [-0.4, -0.2) is 36.5 Å². The molecule has 0 spiro atoms. The highest BCUT2D eigenvalue weighted by Gasteiger charge is 2.30. The predicted octanol–water partition coefficient (Wildman–Crippen LogP) is 0.605. The van der Waals surface area contributed by atoms with Crippen LogP contribution in [0.1, 0.15) is 26.7 Å². The summed E-state index contributed by atoms with van der Waals surface area (Å²) in [5, 5.41) is 2.89. The second kappa shape index (κ2) is 3.90. The molecule has 1 aliphatic heterocycles. The number of amides is 1. The van der Waals surface area contributed by atoms with E-state index in [0.29, 0.717) is 18.6 Å². The zero-order valence-corrected chi connectivity index (χ0v) is 8.13. The maximum atomic E-state index is 11.5. The van der Waals surface area contributed by atoms with Crippen LogP contribution in [0.15, 0.2) is 0 Å². The lowest BCUT2D eigenvalue weighted by Gasteiger charge is -2.26. The van der Waals surface area contributed by atoms with Crippen LogP contribution in [0.4, 0.5) is 0 Å². The van der Waals surface area contributed by atoms with E-state index >= 15 is 0 Å². The van der Waals surface area contributed by atoms with Crippen molar-refractivity contribution in [1.29, 1.82) is 0 Å². The molecule has 3 nitrogen and oxygen atoms in total. The van der Waals surface area contributed by atoms with Crippen LogP contribution in [0.5, 0.6) is 0 Å². The number of hydrogen-bond donors (Lipinski definition) is 1. The molecule has 0 bridgehead atoms. The summed E-state index contributed by atoms with van der Waals surface area (Å²) in [5.41, 5.74) is 0. The van der Waals surface area contributed by atoms with E-state index < -0.39 is 0 Å². The summed E-state index contributed by atoms with van der Waals surface area (Å²) in [6.07, 6.45) is 2.30. The van der Waals surface area contributed by atoms with Crippen LogP contribution in [0, 0.1) is 0 Å². The van der Waals surface area contributed by atoms with Crippen molar-refractivity contribution in [2.75, 3.05) is 13.6 Å². The topological polar surface area (TPSA) is 32.3 Å². The molecule has 1 saturated heterocycles. The van der Waals surface area contributed by atoms with Crippen molar-refractivity contribution < 1.29 is 4.79 Å². The van der Waals surface area contributed by atoms with Crippen molar-refractivity contribution in [1.82, 2.24) is 10.2 Å². The van der Waals surface area contributed by atoms with Crippen molar-refractivity contribution in [3.63, 3.8) is 0 Å². The van der Waals surface area contributed by atoms with E-state index in [1.54, 1.807) is 0 Å². The molecule has 0 aromatic heterocycles. The number of nitrogens with zero attached hydrogens (tertiary/aromatic N) is 1. The molecule has 1 rings (SSSR count). The van der Waals surface area contributed by atoms with Gasteiger partial charge in [0.05, 0.1) is 6.54 Å². The minimum atomic E-state index is 0.231. The van der Waals surface area contributed by atoms with Crippen molar-refractivity contribution in [2.24, 2.45) is 0 Å². The molecule has 1 fully saturated rings. The molecule has 12 heavy (non-hydrogen) atoms. The highest BCUT2D eigenvalue weighted by molar-refractivity contribution is 5.79. The lowest BCUT2D eigenvalue weighted by molar-refractivity contribution is -0.132. The van der Waals surface area contributed by atoms with Gasteiger partial charge in [0.25, 0.3) is 0 Å². The normalized spacial score (nSPS) is 29.4. The Balaban J connectivity index is 2.53. The number of hydrogen-bond acceptors (Lipinski definition) is 2. The standard InChI is InChI=1S/C9H18N2O/c1-7-4-5-8(2)11(7)9(12)6-10-3/h7-8,10H,4-6H2,1-3H3. The first-order valence-electron chi connectivity index (χ1n) is 4.62. The fraction of sp³-hybridized carbons (Fsp3) is 0.889. The Morgan fingerprint density at radius 3 is 2.33 bits per heavy atom. The zero-order valence-electron chi connectivity index (χ0n) is 8.13. The van der Waals surface area contributed by atoms with Crippen LogP contribution >= 0.6 is 0 Å². The van der Waals surface area contributed by atoms with Crippen molar-refractivity contribution in [3.8, 4) is 0 Å². The number of rotatable bonds is 2. The van der Waals surface area contributed by atoms with Gasteiger partial charge in [0, 0.05) is 12.1 Å². The molecule has 1 heterocycles. The smallest absolute Gasteiger partial charge is 0.236 e. The molecule has 0 aromatic rings. The molecule has 1 aliphatic rings. The average molecular weight is 170 g/mol. The van der Waals surface area contributed by atoms with Crippen LogP contribution < -0.4 is 5.32 Å². The SMILES string of the molecule is CNCC(=O)N1C(C)CCC1C. The predicted molar refractivity (Wildman–Crippen MR) is 48.9 cm³/mol. The highest BCUT2D eigenvalue weighted by atomic mass is 16.2. The molecule has 3 heteroatoms. The third-order valence-corrected chi connectivity index (χ3v) is 2.57. The number of carbonyl (C=O) groups is 1. The van der Waals surface area contributed by atoms with E-state index in [1.165, 1.54) is 0 Å². The minimum Gasteiger partial charge on any atom is -0.336 e. The molecule has 0 radical (unpaired) electrons. The first-order chi connectivity index (χ1) is 5.66. The van der Waals surface area contributed by atoms with Gasteiger partial charge < -0.3 is 10.2 Å². The van der Waals surface area contributed by atoms with E-state index in [1.807, 2.05) is 11.9 Å². The van der Waals surface area contributed by atoms with E-state index in [-0.39, 0.29) is 5.91 Å².